The number of piperidine rings is 1. The second kappa shape index (κ2) is 8.15. The van der Waals surface area contributed by atoms with Crippen LogP contribution in [0.4, 0.5) is 0 Å². The van der Waals surface area contributed by atoms with Crippen molar-refractivity contribution >= 4 is 11.8 Å². The number of amides is 2. The molecule has 2 aliphatic heterocycles. The van der Waals surface area contributed by atoms with Gasteiger partial charge >= 0.3 is 0 Å². The van der Waals surface area contributed by atoms with Crippen LogP contribution in [0.5, 0.6) is 5.75 Å². The Bertz CT molecular complexity index is 827. The van der Waals surface area contributed by atoms with Crippen LogP contribution in [0.2, 0.25) is 0 Å². The lowest BCUT2D eigenvalue weighted by Gasteiger charge is -2.32. The van der Waals surface area contributed by atoms with Crippen molar-refractivity contribution in [2.24, 2.45) is 0 Å². The molecule has 2 aromatic carbocycles. The predicted molar refractivity (Wildman–Crippen MR) is 106 cm³/mol. The Kier molecular flexibility index (Phi) is 5.44. The molecule has 5 nitrogen and oxygen atoms in total. The van der Waals surface area contributed by atoms with Crippen molar-refractivity contribution in [1.29, 1.82) is 0 Å². The van der Waals surface area contributed by atoms with Crippen molar-refractivity contribution in [2.75, 3.05) is 20.2 Å². The van der Waals surface area contributed by atoms with E-state index in [4.69, 9.17) is 4.74 Å². The van der Waals surface area contributed by atoms with Crippen LogP contribution in [0.25, 0.3) is 0 Å². The normalized spacial score (nSPS) is 25.2. The second-order valence-electron chi connectivity index (χ2n) is 7.77. The Labute approximate surface area is 165 Å². The Morgan fingerprint density at radius 2 is 1.68 bits per heavy atom. The number of nitrogens with zero attached hydrogens (tertiary/aromatic N) is 1. The summed E-state index contributed by atoms with van der Waals surface area (Å²) in [6, 6.07) is 17.9. The standard InChI is InChI=1S/C23H26N2O3/c1-28-20-9-7-17(8-10-20)16-25-22(26)15-21(23(25)27)24-13-11-19(12-14-24)18-5-3-2-4-6-18/h2-10,19,21H,11-16H2,1H3/p+1/t21-/m0/s1. The van der Waals surface area contributed by atoms with Gasteiger partial charge in [0.2, 0.25) is 5.91 Å². The van der Waals surface area contributed by atoms with Gasteiger partial charge in [0.25, 0.3) is 5.91 Å². The molecule has 5 heteroatoms. The molecule has 2 aromatic rings. The van der Waals surface area contributed by atoms with E-state index >= 15 is 0 Å². The molecule has 0 aromatic heterocycles. The van der Waals surface area contributed by atoms with Gasteiger partial charge < -0.3 is 9.64 Å². The quantitative estimate of drug-likeness (QED) is 0.806. The highest BCUT2D eigenvalue weighted by molar-refractivity contribution is 6.04. The molecule has 2 fully saturated rings. The van der Waals surface area contributed by atoms with E-state index in [2.05, 4.69) is 24.3 Å². The molecule has 2 amide bonds. The summed E-state index contributed by atoms with van der Waals surface area (Å²) in [6.07, 6.45) is 2.46. The summed E-state index contributed by atoms with van der Waals surface area (Å²) in [5, 5.41) is 0. The largest absolute Gasteiger partial charge is 0.497 e. The third-order valence-corrected chi connectivity index (χ3v) is 6.14. The Hall–Kier alpha value is -2.66. The van der Waals surface area contributed by atoms with Crippen molar-refractivity contribution in [3.63, 3.8) is 0 Å². The number of benzene rings is 2. The minimum Gasteiger partial charge on any atom is -0.497 e. The average Bonchev–Trinajstić information content (AvgIpc) is 3.03. The van der Waals surface area contributed by atoms with E-state index in [0.717, 1.165) is 37.2 Å². The maximum absolute atomic E-state index is 13.0. The summed E-state index contributed by atoms with van der Waals surface area (Å²) in [5.41, 5.74) is 2.33. The fraction of sp³-hybridized carbons (Fsp3) is 0.391. The zero-order valence-electron chi connectivity index (χ0n) is 16.3. The second-order valence-corrected chi connectivity index (χ2v) is 7.77. The molecule has 0 aliphatic carbocycles. The van der Waals surface area contributed by atoms with Gasteiger partial charge in [-0.3, -0.25) is 14.5 Å². The van der Waals surface area contributed by atoms with Gasteiger partial charge in [-0.25, -0.2) is 0 Å². The Morgan fingerprint density at radius 1 is 1.00 bits per heavy atom. The lowest BCUT2D eigenvalue weighted by molar-refractivity contribution is -0.920. The van der Waals surface area contributed by atoms with Crippen molar-refractivity contribution in [2.45, 2.75) is 37.8 Å². The van der Waals surface area contributed by atoms with Gasteiger partial charge in [-0.2, -0.15) is 0 Å². The highest BCUT2D eigenvalue weighted by Gasteiger charge is 2.45. The number of carbonyl (C=O) groups excluding carboxylic acids is 2. The molecule has 0 unspecified atom stereocenters. The molecule has 0 bridgehead atoms. The molecule has 28 heavy (non-hydrogen) atoms. The first-order chi connectivity index (χ1) is 13.7. The van der Waals surface area contributed by atoms with E-state index in [-0.39, 0.29) is 17.9 Å². The first-order valence-electron chi connectivity index (χ1n) is 10.0. The van der Waals surface area contributed by atoms with Gasteiger partial charge in [-0.1, -0.05) is 42.5 Å². The number of hydrogen-bond donors (Lipinski definition) is 1. The number of methoxy groups -OCH3 is 1. The molecule has 146 valence electrons. The first kappa shape index (κ1) is 18.7. The van der Waals surface area contributed by atoms with Crippen molar-refractivity contribution in [1.82, 2.24) is 4.90 Å². The molecule has 0 spiro atoms. The molecule has 0 saturated carbocycles. The zero-order chi connectivity index (χ0) is 19.5. The molecule has 2 heterocycles. The topological polar surface area (TPSA) is 51.0 Å². The lowest BCUT2D eigenvalue weighted by Crippen LogP contribution is -3.17. The summed E-state index contributed by atoms with van der Waals surface area (Å²) in [7, 11) is 1.62. The number of imide groups is 1. The van der Waals surface area contributed by atoms with Crippen molar-refractivity contribution in [3.8, 4) is 5.75 Å². The number of likely N-dealkylation sites (tertiary alicyclic amines) is 2. The van der Waals surface area contributed by atoms with E-state index < -0.39 is 0 Å². The average molecular weight is 379 g/mol. The molecule has 1 atom stereocenters. The van der Waals surface area contributed by atoms with Crippen LogP contribution in [0.15, 0.2) is 54.6 Å². The molecule has 2 saturated heterocycles. The van der Waals surface area contributed by atoms with Gasteiger partial charge in [0.1, 0.15) is 5.75 Å². The van der Waals surface area contributed by atoms with Gasteiger partial charge in [-0.05, 0) is 29.2 Å². The molecular weight excluding hydrogens is 352 g/mol. The summed E-state index contributed by atoms with van der Waals surface area (Å²) >= 11 is 0. The third-order valence-electron chi connectivity index (χ3n) is 6.14. The monoisotopic (exact) mass is 379 g/mol. The van der Waals surface area contributed by atoms with Crippen LogP contribution in [-0.4, -0.2) is 43.0 Å². The van der Waals surface area contributed by atoms with Gasteiger partial charge in [0.05, 0.1) is 33.2 Å². The highest BCUT2D eigenvalue weighted by atomic mass is 16.5. The Balaban J connectivity index is 1.37. The minimum atomic E-state index is -0.220. The SMILES string of the molecule is COc1ccc(CN2C(=O)C[C@H]([NH+]3CCC(c4ccccc4)CC3)C2=O)cc1. The van der Waals surface area contributed by atoms with E-state index in [1.807, 2.05) is 30.3 Å². The summed E-state index contributed by atoms with van der Waals surface area (Å²) < 4.78 is 5.17. The zero-order valence-corrected chi connectivity index (χ0v) is 16.3. The molecule has 4 rings (SSSR count). The van der Waals surface area contributed by atoms with Crippen LogP contribution in [0.3, 0.4) is 0 Å². The van der Waals surface area contributed by atoms with Gasteiger partial charge in [-0.15, -0.1) is 0 Å². The van der Waals surface area contributed by atoms with Gasteiger partial charge in [0, 0.05) is 12.8 Å². The van der Waals surface area contributed by atoms with Crippen LogP contribution in [-0.2, 0) is 16.1 Å². The summed E-state index contributed by atoms with van der Waals surface area (Å²) in [5.74, 6) is 1.26. The Morgan fingerprint density at radius 3 is 2.32 bits per heavy atom. The van der Waals surface area contributed by atoms with Crippen molar-refractivity contribution in [3.05, 3.63) is 65.7 Å². The van der Waals surface area contributed by atoms with E-state index in [0.29, 0.717) is 18.9 Å². The van der Waals surface area contributed by atoms with Crippen LogP contribution in [0, 0.1) is 0 Å². The van der Waals surface area contributed by atoms with Crippen LogP contribution in [0.1, 0.15) is 36.3 Å². The third kappa shape index (κ3) is 3.80. The number of carbonyl (C=O) groups is 2. The maximum Gasteiger partial charge on any atom is 0.288 e. The fourth-order valence-electron chi connectivity index (χ4n) is 4.48. The first-order valence-corrected chi connectivity index (χ1v) is 10.0. The smallest absolute Gasteiger partial charge is 0.288 e. The van der Waals surface area contributed by atoms with Crippen LogP contribution >= 0.6 is 0 Å². The highest BCUT2D eigenvalue weighted by Crippen LogP contribution is 2.24. The maximum atomic E-state index is 13.0. The molecule has 2 aliphatic rings. The predicted octanol–water partition coefficient (Wildman–Crippen LogP) is 1.79. The number of rotatable bonds is 5. The van der Waals surface area contributed by atoms with E-state index in [1.54, 1.807) is 7.11 Å². The molecule has 0 radical (unpaired) electrons. The number of quaternary nitrogens is 1. The summed E-state index contributed by atoms with van der Waals surface area (Å²) in [6.45, 7) is 2.23. The van der Waals surface area contributed by atoms with Crippen molar-refractivity contribution < 1.29 is 19.2 Å². The van der Waals surface area contributed by atoms with E-state index in [1.165, 1.54) is 15.4 Å². The lowest BCUT2D eigenvalue weighted by atomic mass is 9.89. The molecular formula is C23H27N2O3+. The van der Waals surface area contributed by atoms with E-state index in [9.17, 15) is 9.59 Å². The number of nitrogens with one attached hydrogen (secondary N) is 1. The van der Waals surface area contributed by atoms with Crippen LogP contribution < -0.4 is 9.64 Å². The molecule has 1 N–H and O–H groups in total. The fourth-order valence-corrected chi connectivity index (χ4v) is 4.48. The minimum absolute atomic E-state index is 0.0195. The number of ether oxygens (including phenoxy) is 1. The summed E-state index contributed by atoms with van der Waals surface area (Å²) in [4.78, 5) is 28.2. The number of hydrogen-bond acceptors (Lipinski definition) is 3. The van der Waals surface area contributed by atoms with Gasteiger partial charge in [0.15, 0.2) is 6.04 Å².